The fourth-order valence-electron chi connectivity index (χ4n) is 2.37. The number of rotatable bonds is 3. The van der Waals surface area contributed by atoms with E-state index in [1.54, 1.807) is 37.5 Å². The highest BCUT2D eigenvalue weighted by molar-refractivity contribution is 6.33. The lowest BCUT2D eigenvalue weighted by atomic mass is 10.0. The normalized spacial score (nSPS) is 10.6. The third-order valence-electron chi connectivity index (χ3n) is 3.42. The highest BCUT2D eigenvalue weighted by Crippen LogP contribution is 2.36. The molecule has 5 nitrogen and oxygen atoms in total. The van der Waals surface area contributed by atoms with Crippen molar-refractivity contribution in [3.05, 3.63) is 53.6 Å². The third kappa shape index (κ3) is 3.14. The molecule has 0 aliphatic carbocycles. The molecule has 7 heteroatoms. The van der Waals surface area contributed by atoms with Gasteiger partial charge in [-0.3, -0.25) is 10.3 Å². The zero-order valence-corrected chi connectivity index (χ0v) is 13.6. The summed E-state index contributed by atoms with van der Waals surface area (Å²) >= 11 is 6.17. The molecule has 0 atom stereocenters. The van der Waals surface area contributed by atoms with Crippen LogP contribution in [0.25, 0.3) is 22.0 Å². The van der Waals surface area contributed by atoms with Gasteiger partial charge in [-0.1, -0.05) is 17.7 Å². The molecule has 1 aromatic carbocycles. The fraction of sp³-hybridized carbons (Fsp3) is 0.118. The highest BCUT2D eigenvalue weighted by Gasteiger charge is 2.17. The van der Waals surface area contributed by atoms with Crippen molar-refractivity contribution < 1.29 is 9.18 Å². The molecule has 3 aromatic rings. The van der Waals surface area contributed by atoms with Gasteiger partial charge in [0.25, 0.3) is 0 Å². The molecular weight excluding hydrogens is 331 g/mol. The molecule has 122 valence electrons. The summed E-state index contributed by atoms with van der Waals surface area (Å²) in [4.78, 5) is 20.4. The van der Waals surface area contributed by atoms with Gasteiger partial charge >= 0.3 is 6.03 Å². The maximum atomic E-state index is 14.3. The summed E-state index contributed by atoms with van der Waals surface area (Å²) in [6, 6.07) is 7.42. The molecule has 0 aliphatic rings. The Hall–Kier alpha value is -2.73. The molecular formula is C17H14ClFN4O. The minimum absolute atomic E-state index is 0.184. The zero-order valence-electron chi connectivity index (χ0n) is 12.8. The van der Waals surface area contributed by atoms with Gasteiger partial charge in [0.15, 0.2) is 0 Å². The Morgan fingerprint density at radius 1 is 1.33 bits per heavy atom. The molecule has 24 heavy (non-hydrogen) atoms. The van der Waals surface area contributed by atoms with Crippen LogP contribution in [0.3, 0.4) is 0 Å². The number of carbonyl (C=O) groups is 1. The van der Waals surface area contributed by atoms with Gasteiger partial charge in [0, 0.05) is 35.5 Å². The van der Waals surface area contributed by atoms with Crippen LogP contribution in [-0.2, 0) is 0 Å². The molecule has 0 radical (unpaired) electrons. The number of fused-ring (bicyclic) bond motifs is 1. The zero-order chi connectivity index (χ0) is 17.1. The van der Waals surface area contributed by atoms with Crippen LogP contribution < -0.4 is 10.6 Å². The number of hydrogen-bond acceptors (Lipinski definition) is 3. The molecule has 0 saturated heterocycles. The number of carbonyl (C=O) groups excluding carboxylic acids is 1. The molecule has 2 heterocycles. The van der Waals surface area contributed by atoms with Crippen molar-refractivity contribution in [2.75, 3.05) is 11.9 Å². The van der Waals surface area contributed by atoms with Gasteiger partial charge in [0.2, 0.25) is 0 Å². The van der Waals surface area contributed by atoms with Crippen LogP contribution in [0.1, 0.15) is 6.92 Å². The Kier molecular flexibility index (Phi) is 4.57. The lowest BCUT2D eigenvalue weighted by Crippen LogP contribution is -2.28. The Morgan fingerprint density at radius 3 is 2.92 bits per heavy atom. The van der Waals surface area contributed by atoms with Crippen LogP contribution >= 0.6 is 11.6 Å². The molecule has 2 amide bonds. The summed E-state index contributed by atoms with van der Waals surface area (Å²) in [6.07, 6.45) is 3.22. The third-order valence-corrected chi connectivity index (χ3v) is 3.73. The van der Waals surface area contributed by atoms with E-state index < -0.39 is 11.8 Å². The monoisotopic (exact) mass is 344 g/mol. The second-order valence-corrected chi connectivity index (χ2v) is 5.44. The lowest BCUT2D eigenvalue weighted by Gasteiger charge is -2.14. The highest BCUT2D eigenvalue weighted by atomic mass is 35.5. The van der Waals surface area contributed by atoms with Crippen molar-refractivity contribution in [3.63, 3.8) is 0 Å². The Labute approximate surface area is 142 Å². The van der Waals surface area contributed by atoms with Crippen LogP contribution in [0.2, 0.25) is 5.02 Å². The largest absolute Gasteiger partial charge is 0.338 e. The molecule has 0 spiro atoms. The Morgan fingerprint density at radius 2 is 2.17 bits per heavy atom. The molecule has 0 aliphatic heterocycles. The second-order valence-electron chi connectivity index (χ2n) is 5.03. The summed E-state index contributed by atoms with van der Waals surface area (Å²) in [5.41, 5.74) is 1.21. The summed E-state index contributed by atoms with van der Waals surface area (Å²) in [7, 11) is 0. The van der Waals surface area contributed by atoms with Crippen molar-refractivity contribution >= 4 is 34.4 Å². The maximum Gasteiger partial charge on any atom is 0.320 e. The van der Waals surface area contributed by atoms with Crippen LogP contribution in [-0.4, -0.2) is 22.5 Å². The van der Waals surface area contributed by atoms with Gasteiger partial charge < -0.3 is 5.32 Å². The van der Waals surface area contributed by atoms with Gasteiger partial charge in [-0.05, 0) is 31.2 Å². The van der Waals surface area contributed by atoms with Gasteiger partial charge in [0.1, 0.15) is 11.6 Å². The van der Waals surface area contributed by atoms with E-state index in [4.69, 9.17) is 11.6 Å². The fourth-order valence-corrected chi connectivity index (χ4v) is 2.63. The molecule has 3 rings (SSSR count). The van der Waals surface area contributed by atoms with E-state index in [-0.39, 0.29) is 16.4 Å². The first-order valence-corrected chi connectivity index (χ1v) is 7.72. The summed E-state index contributed by atoms with van der Waals surface area (Å²) in [6.45, 7) is 2.26. The number of amides is 2. The van der Waals surface area contributed by atoms with Crippen molar-refractivity contribution in [2.24, 2.45) is 0 Å². The van der Waals surface area contributed by atoms with Crippen molar-refractivity contribution in [3.8, 4) is 11.1 Å². The molecule has 0 unspecified atom stereocenters. The number of benzene rings is 1. The molecule has 0 bridgehead atoms. The Bertz CT molecular complexity index is 896. The first kappa shape index (κ1) is 16.1. The number of urea groups is 1. The molecule has 0 saturated carbocycles. The van der Waals surface area contributed by atoms with E-state index >= 15 is 0 Å². The topological polar surface area (TPSA) is 66.9 Å². The minimum Gasteiger partial charge on any atom is -0.338 e. The van der Waals surface area contributed by atoms with Gasteiger partial charge in [-0.2, -0.15) is 0 Å². The standard InChI is InChI=1S/C17H14ClFN4O/c1-2-21-17(24)23-16-11(15-12(18)4-3-5-13(15)19)8-10-9-20-7-6-14(10)22-16/h3-9H,2H2,1H3,(H2,21,22,23,24). The average Bonchev–Trinajstić information content (AvgIpc) is 2.55. The number of nitrogens with zero attached hydrogens (tertiary/aromatic N) is 2. The number of hydrogen-bond donors (Lipinski definition) is 2. The molecule has 2 N–H and O–H groups in total. The summed E-state index contributed by atoms with van der Waals surface area (Å²) in [5.74, 6) is -0.266. The smallest absolute Gasteiger partial charge is 0.320 e. The lowest BCUT2D eigenvalue weighted by molar-refractivity contribution is 0.252. The van der Waals surface area contributed by atoms with Crippen LogP contribution in [0, 0.1) is 5.82 Å². The number of halogens is 2. The Balaban J connectivity index is 2.22. The van der Waals surface area contributed by atoms with Crippen LogP contribution in [0.4, 0.5) is 15.0 Å². The average molecular weight is 345 g/mol. The van der Waals surface area contributed by atoms with E-state index in [1.807, 2.05) is 0 Å². The van der Waals surface area contributed by atoms with E-state index in [0.29, 0.717) is 23.0 Å². The summed E-state index contributed by atoms with van der Waals surface area (Å²) in [5, 5.41) is 6.22. The maximum absolute atomic E-state index is 14.3. The SMILES string of the molecule is CCNC(=O)Nc1nc2ccncc2cc1-c1c(F)cccc1Cl. The van der Waals surface area contributed by atoms with E-state index in [1.165, 1.54) is 12.1 Å². The predicted octanol–water partition coefficient (Wildman–Crippen LogP) is 4.23. The molecule has 2 aromatic heterocycles. The first-order valence-electron chi connectivity index (χ1n) is 7.34. The minimum atomic E-state index is -0.494. The van der Waals surface area contributed by atoms with Crippen molar-refractivity contribution in [1.82, 2.24) is 15.3 Å². The number of nitrogens with one attached hydrogen (secondary N) is 2. The number of pyridine rings is 2. The van der Waals surface area contributed by atoms with Gasteiger partial charge in [-0.15, -0.1) is 0 Å². The quantitative estimate of drug-likeness (QED) is 0.747. The number of aromatic nitrogens is 2. The second kappa shape index (κ2) is 6.80. The van der Waals surface area contributed by atoms with E-state index in [0.717, 1.165) is 0 Å². The molecule has 0 fully saturated rings. The van der Waals surface area contributed by atoms with E-state index in [2.05, 4.69) is 20.6 Å². The predicted molar refractivity (Wildman–Crippen MR) is 92.6 cm³/mol. The van der Waals surface area contributed by atoms with Crippen LogP contribution in [0.15, 0.2) is 42.7 Å². The number of anilines is 1. The summed E-state index contributed by atoms with van der Waals surface area (Å²) < 4.78 is 14.3. The van der Waals surface area contributed by atoms with Gasteiger partial charge in [-0.25, -0.2) is 14.2 Å². The van der Waals surface area contributed by atoms with Crippen molar-refractivity contribution in [2.45, 2.75) is 6.92 Å². The van der Waals surface area contributed by atoms with E-state index in [9.17, 15) is 9.18 Å². The first-order chi connectivity index (χ1) is 11.6. The van der Waals surface area contributed by atoms with Crippen LogP contribution in [0.5, 0.6) is 0 Å². The van der Waals surface area contributed by atoms with Gasteiger partial charge in [0.05, 0.1) is 10.5 Å². The van der Waals surface area contributed by atoms with Crippen molar-refractivity contribution in [1.29, 1.82) is 0 Å².